The lowest BCUT2D eigenvalue weighted by molar-refractivity contribution is -0.131. The zero-order chi connectivity index (χ0) is 21.6. The highest BCUT2D eigenvalue weighted by Crippen LogP contribution is 2.42. The quantitative estimate of drug-likeness (QED) is 0.605. The van der Waals surface area contributed by atoms with Crippen LogP contribution in [0.3, 0.4) is 0 Å². The van der Waals surface area contributed by atoms with Gasteiger partial charge in [-0.1, -0.05) is 30.3 Å². The van der Waals surface area contributed by atoms with Crippen molar-refractivity contribution < 1.29 is 19.1 Å². The van der Waals surface area contributed by atoms with Crippen LogP contribution in [0.5, 0.6) is 0 Å². The number of nitrogens with zero attached hydrogens (tertiary/aromatic N) is 2. The Labute approximate surface area is 185 Å². The van der Waals surface area contributed by atoms with Gasteiger partial charge >= 0.3 is 0 Å². The molecule has 0 unspecified atom stereocenters. The predicted molar refractivity (Wildman–Crippen MR) is 117 cm³/mol. The fraction of sp³-hybridized carbons (Fsp3) is 0.667. The minimum atomic E-state index is -0.135. The smallest absolute Gasteiger partial charge is 0.222 e. The molecule has 170 valence electrons. The number of carbonyl (C=O) groups is 2. The third-order valence-corrected chi connectivity index (χ3v) is 6.98. The number of amides is 2. The number of rotatable bonds is 9. The maximum absolute atomic E-state index is 12.9. The van der Waals surface area contributed by atoms with Crippen LogP contribution in [0.15, 0.2) is 30.3 Å². The van der Waals surface area contributed by atoms with Crippen molar-refractivity contribution in [3.63, 3.8) is 0 Å². The molecule has 1 aromatic carbocycles. The van der Waals surface area contributed by atoms with E-state index in [-0.39, 0.29) is 35.8 Å². The largest absolute Gasteiger partial charge is 0.383 e. The van der Waals surface area contributed by atoms with Gasteiger partial charge in [0.15, 0.2) is 0 Å². The number of hydrogen-bond donors (Lipinski definition) is 1. The van der Waals surface area contributed by atoms with Crippen molar-refractivity contribution in [3.8, 4) is 0 Å². The van der Waals surface area contributed by atoms with E-state index in [2.05, 4.69) is 34.5 Å². The number of carbonyl (C=O) groups excluding carboxylic acids is 2. The number of nitrogens with one attached hydrogen (secondary N) is 1. The van der Waals surface area contributed by atoms with Crippen molar-refractivity contribution in [3.05, 3.63) is 35.9 Å². The maximum Gasteiger partial charge on any atom is 0.222 e. The van der Waals surface area contributed by atoms with Crippen molar-refractivity contribution in [1.29, 1.82) is 0 Å². The summed E-state index contributed by atoms with van der Waals surface area (Å²) in [7, 11) is 1.62. The van der Waals surface area contributed by atoms with Gasteiger partial charge in [-0.2, -0.15) is 0 Å². The van der Waals surface area contributed by atoms with Crippen LogP contribution in [0, 0.1) is 11.8 Å². The van der Waals surface area contributed by atoms with Crippen LogP contribution in [0.4, 0.5) is 0 Å². The molecular weight excluding hydrogens is 394 g/mol. The van der Waals surface area contributed by atoms with Gasteiger partial charge in [-0.25, -0.2) is 0 Å². The molecule has 2 amide bonds. The first-order chi connectivity index (χ1) is 15.2. The van der Waals surface area contributed by atoms with Crippen molar-refractivity contribution in [2.24, 2.45) is 11.8 Å². The van der Waals surface area contributed by atoms with Gasteiger partial charge in [0.05, 0.1) is 25.7 Å². The van der Waals surface area contributed by atoms with E-state index < -0.39 is 0 Å². The lowest BCUT2D eigenvalue weighted by atomic mass is 9.84. The van der Waals surface area contributed by atoms with Crippen LogP contribution in [0.25, 0.3) is 0 Å². The van der Waals surface area contributed by atoms with Crippen LogP contribution >= 0.6 is 0 Å². The molecule has 0 radical (unpaired) electrons. The summed E-state index contributed by atoms with van der Waals surface area (Å²) in [5.74, 6) is 0.691. The Morgan fingerprint density at radius 3 is 2.68 bits per heavy atom. The second-order valence-corrected chi connectivity index (χ2v) is 9.03. The highest BCUT2D eigenvalue weighted by Gasteiger charge is 2.51. The Kier molecular flexibility index (Phi) is 7.58. The first-order valence-corrected chi connectivity index (χ1v) is 11.6. The number of fused-ring (bicyclic) bond motifs is 1. The molecule has 7 nitrogen and oxygen atoms in total. The number of likely N-dealkylation sites (tertiary alicyclic amines) is 2. The van der Waals surface area contributed by atoms with E-state index in [9.17, 15) is 9.59 Å². The molecule has 1 aromatic rings. The SMILES string of the molecule is COCCNC(=O)C[C@@H]1OC[C@@H]2[C@H]1[C@H](CC(=O)N1CCCC1)CN2Cc1ccccc1. The average molecular weight is 430 g/mol. The van der Waals surface area contributed by atoms with Gasteiger partial charge in [0.2, 0.25) is 11.8 Å². The van der Waals surface area contributed by atoms with E-state index in [1.54, 1.807) is 7.11 Å². The number of hydrogen-bond acceptors (Lipinski definition) is 5. The third-order valence-electron chi connectivity index (χ3n) is 6.98. The summed E-state index contributed by atoms with van der Waals surface area (Å²) >= 11 is 0. The molecule has 4 rings (SSSR count). The highest BCUT2D eigenvalue weighted by atomic mass is 16.5. The normalized spacial score (nSPS) is 28.1. The molecule has 3 fully saturated rings. The molecule has 3 aliphatic rings. The summed E-state index contributed by atoms with van der Waals surface area (Å²) in [4.78, 5) is 29.8. The lowest BCUT2D eigenvalue weighted by Gasteiger charge is -2.24. The molecule has 0 saturated carbocycles. The molecule has 0 aliphatic carbocycles. The Hall–Kier alpha value is -1.96. The number of methoxy groups -OCH3 is 1. The Morgan fingerprint density at radius 1 is 1.16 bits per heavy atom. The van der Waals surface area contributed by atoms with Crippen LogP contribution in [0.1, 0.15) is 31.2 Å². The number of ether oxygens (including phenoxy) is 2. The molecule has 0 aromatic heterocycles. The topological polar surface area (TPSA) is 71.1 Å². The van der Waals surface area contributed by atoms with Gasteiger partial charge in [-0.15, -0.1) is 0 Å². The van der Waals surface area contributed by atoms with Gasteiger partial charge in [-0.05, 0) is 24.3 Å². The molecule has 0 bridgehead atoms. The first kappa shape index (κ1) is 22.2. The van der Waals surface area contributed by atoms with Crippen molar-refractivity contribution in [1.82, 2.24) is 15.1 Å². The molecule has 3 aliphatic heterocycles. The molecule has 4 atom stereocenters. The third kappa shape index (κ3) is 5.45. The highest BCUT2D eigenvalue weighted by molar-refractivity contribution is 5.77. The molecule has 1 N–H and O–H groups in total. The van der Waals surface area contributed by atoms with Crippen LogP contribution in [-0.4, -0.2) is 80.3 Å². The van der Waals surface area contributed by atoms with Gasteiger partial charge < -0.3 is 19.7 Å². The Bertz CT molecular complexity index is 738. The van der Waals surface area contributed by atoms with E-state index in [4.69, 9.17) is 9.47 Å². The Balaban J connectivity index is 1.43. The predicted octanol–water partition coefficient (Wildman–Crippen LogP) is 1.67. The lowest BCUT2D eigenvalue weighted by Crippen LogP contribution is -2.37. The van der Waals surface area contributed by atoms with Crippen molar-refractivity contribution in [2.75, 3.05) is 46.5 Å². The summed E-state index contributed by atoms with van der Waals surface area (Å²) in [6.45, 7) is 5.14. The standard InChI is InChI=1S/C24H35N3O4/c1-30-12-9-25-22(28)14-21-24-19(13-23(29)26-10-5-6-11-26)16-27(20(24)17-31-21)15-18-7-3-2-4-8-18/h2-4,7-8,19-21,24H,5-6,9-17H2,1H3,(H,25,28)/t19-,20-,21+,24-/m1/s1. The fourth-order valence-electron chi connectivity index (χ4n) is 5.48. The molecule has 7 heteroatoms. The monoisotopic (exact) mass is 429 g/mol. The summed E-state index contributed by atoms with van der Waals surface area (Å²) in [6, 6.07) is 10.7. The van der Waals surface area contributed by atoms with Gasteiger partial charge in [0, 0.05) is 58.2 Å². The van der Waals surface area contributed by atoms with Crippen molar-refractivity contribution in [2.45, 2.75) is 44.4 Å². The second-order valence-electron chi connectivity index (χ2n) is 9.03. The van der Waals surface area contributed by atoms with Gasteiger partial charge in [-0.3, -0.25) is 14.5 Å². The summed E-state index contributed by atoms with van der Waals surface area (Å²) in [5, 5.41) is 2.91. The number of benzene rings is 1. The summed E-state index contributed by atoms with van der Waals surface area (Å²) < 4.78 is 11.2. The average Bonchev–Trinajstić information content (AvgIpc) is 3.50. The van der Waals surface area contributed by atoms with E-state index in [1.165, 1.54) is 5.56 Å². The van der Waals surface area contributed by atoms with Crippen LogP contribution in [-0.2, 0) is 25.6 Å². The summed E-state index contributed by atoms with van der Waals surface area (Å²) in [5.41, 5.74) is 1.27. The zero-order valence-electron chi connectivity index (χ0n) is 18.5. The van der Waals surface area contributed by atoms with E-state index in [0.717, 1.165) is 39.0 Å². The maximum atomic E-state index is 12.9. The second kappa shape index (κ2) is 10.6. The van der Waals surface area contributed by atoms with E-state index in [0.29, 0.717) is 32.6 Å². The fourth-order valence-corrected chi connectivity index (χ4v) is 5.48. The zero-order valence-corrected chi connectivity index (χ0v) is 18.5. The van der Waals surface area contributed by atoms with Crippen LogP contribution < -0.4 is 5.32 Å². The molecule has 3 saturated heterocycles. The molecule has 31 heavy (non-hydrogen) atoms. The summed E-state index contributed by atoms with van der Waals surface area (Å²) in [6.07, 6.45) is 2.98. The first-order valence-electron chi connectivity index (χ1n) is 11.6. The minimum absolute atomic E-state index is 0.00571. The Morgan fingerprint density at radius 2 is 1.94 bits per heavy atom. The van der Waals surface area contributed by atoms with E-state index in [1.807, 2.05) is 11.0 Å². The van der Waals surface area contributed by atoms with Gasteiger partial charge in [0.1, 0.15) is 0 Å². The molecule has 3 heterocycles. The van der Waals surface area contributed by atoms with Crippen LogP contribution in [0.2, 0.25) is 0 Å². The van der Waals surface area contributed by atoms with Crippen molar-refractivity contribution >= 4 is 11.8 Å². The molecular formula is C24H35N3O4. The van der Waals surface area contributed by atoms with E-state index >= 15 is 0 Å². The minimum Gasteiger partial charge on any atom is -0.383 e. The van der Waals surface area contributed by atoms with Gasteiger partial charge in [0.25, 0.3) is 0 Å². The molecule has 0 spiro atoms.